The zero-order chi connectivity index (χ0) is 18.7. The van der Waals surface area contributed by atoms with Gasteiger partial charge in [0.25, 0.3) is 0 Å². The minimum atomic E-state index is -0.442. The number of β-amino-alcohol motifs (C(OH)–C–C–N with tert-alkyl or cyclic N) is 1. The van der Waals surface area contributed by atoms with Gasteiger partial charge >= 0.3 is 0 Å². The lowest BCUT2D eigenvalue weighted by molar-refractivity contribution is 0.177. The molecule has 140 valence electrons. The topological polar surface area (TPSA) is 35.9 Å². The summed E-state index contributed by atoms with van der Waals surface area (Å²) in [5.41, 5.74) is 3.65. The monoisotopic (exact) mass is 372 g/mol. The molecule has 2 aromatic rings. The number of likely N-dealkylation sites (N-methyl/N-ethyl adjacent to an activating group) is 1. The van der Waals surface area contributed by atoms with E-state index in [-0.39, 0.29) is 5.25 Å². The number of fused-ring (bicyclic) bond motifs is 1. The molecule has 0 radical (unpaired) electrons. The lowest BCUT2D eigenvalue weighted by Gasteiger charge is -2.29. The van der Waals surface area contributed by atoms with Crippen molar-refractivity contribution in [1.82, 2.24) is 4.90 Å². The predicted molar refractivity (Wildman–Crippen MR) is 110 cm³/mol. The molecule has 2 unspecified atom stereocenters. The molecule has 1 heterocycles. The third-order valence-corrected chi connectivity index (χ3v) is 6.21. The first kappa shape index (κ1) is 19.1. The Labute approximate surface area is 160 Å². The number of aliphatic hydroxyl groups excluding tert-OH is 1. The molecule has 0 spiro atoms. The number of benzene rings is 2. The molecule has 0 aromatic heterocycles. The molecule has 26 heavy (non-hydrogen) atoms. The third-order valence-electron chi connectivity index (χ3n) is 4.79. The summed E-state index contributed by atoms with van der Waals surface area (Å²) in [5, 5.41) is 11.0. The van der Waals surface area contributed by atoms with Crippen molar-refractivity contribution >= 4 is 17.4 Å². The molecule has 0 aliphatic carbocycles. The van der Waals surface area contributed by atoms with E-state index in [2.05, 4.69) is 61.2 Å². The van der Waals surface area contributed by atoms with Crippen LogP contribution in [0.3, 0.4) is 0 Å². The Morgan fingerprint density at radius 2 is 1.92 bits per heavy atom. The quantitative estimate of drug-likeness (QED) is 0.868. The second-order valence-electron chi connectivity index (χ2n) is 7.05. The van der Waals surface area contributed by atoms with E-state index in [9.17, 15) is 5.11 Å². The molecule has 0 bridgehead atoms. The largest absolute Gasteiger partial charge is 0.497 e. The van der Waals surface area contributed by atoms with Gasteiger partial charge in [0.1, 0.15) is 5.75 Å². The number of para-hydroxylation sites is 1. The fraction of sp³-hybridized carbons (Fsp3) is 0.429. The summed E-state index contributed by atoms with van der Waals surface area (Å²) in [6, 6.07) is 14.5. The number of methoxy groups -OCH3 is 1. The van der Waals surface area contributed by atoms with E-state index in [1.165, 1.54) is 16.1 Å². The van der Waals surface area contributed by atoms with Crippen molar-refractivity contribution in [2.45, 2.75) is 23.2 Å². The Morgan fingerprint density at radius 1 is 1.19 bits per heavy atom. The van der Waals surface area contributed by atoms with Gasteiger partial charge in [0.2, 0.25) is 0 Å². The number of thioether (sulfide) groups is 1. The maximum Gasteiger partial charge on any atom is 0.118 e. The minimum absolute atomic E-state index is 0.00538. The van der Waals surface area contributed by atoms with Gasteiger partial charge in [-0.3, -0.25) is 0 Å². The summed E-state index contributed by atoms with van der Waals surface area (Å²) in [6.07, 6.45) is -0.442. The number of ether oxygens (including phenoxy) is 1. The number of aliphatic hydroxyl groups is 1. The van der Waals surface area contributed by atoms with Gasteiger partial charge in [-0.2, -0.15) is 0 Å². The SMILES string of the molecule is COc1ccc(C2Sc3cccc(C)c3N(CCN(C)C)CC2O)cc1. The average Bonchev–Trinajstić information content (AvgIpc) is 2.77. The van der Waals surface area contributed by atoms with Crippen molar-refractivity contribution < 1.29 is 9.84 Å². The Hall–Kier alpha value is -1.69. The van der Waals surface area contributed by atoms with Gasteiger partial charge in [-0.15, -0.1) is 11.8 Å². The molecule has 5 heteroatoms. The van der Waals surface area contributed by atoms with E-state index in [1.54, 1.807) is 18.9 Å². The van der Waals surface area contributed by atoms with Crippen molar-refractivity contribution in [3.63, 3.8) is 0 Å². The summed E-state index contributed by atoms with van der Waals surface area (Å²) in [5.74, 6) is 0.839. The van der Waals surface area contributed by atoms with E-state index in [4.69, 9.17) is 4.74 Å². The van der Waals surface area contributed by atoms with E-state index in [0.29, 0.717) is 6.54 Å². The molecular weight excluding hydrogens is 344 g/mol. The van der Waals surface area contributed by atoms with Crippen LogP contribution in [0.25, 0.3) is 0 Å². The zero-order valence-electron chi connectivity index (χ0n) is 16.0. The van der Waals surface area contributed by atoms with Crippen LogP contribution in [-0.4, -0.2) is 56.9 Å². The highest BCUT2D eigenvalue weighted by Gasteiger charge is 2.31. The molecule has 0 amide bonds. The summed E-state index contributed by atoms with van der Waals surface area (Å²) >= 11 is 1.76. The minimum Gasteiger partial charge on any atom is -0.497 e. The van der Waals surface area contributed by atoms with Crippen molar-refractivity contribution in [2.24, 2.45) is 0 Å². The van der Waals surface area contributed by atoms with Crippen LogP contribution in [0.4, 0.5) is 5.69 Å². The van der Waals surface area contributed by atoms with E-state index < -0.39 is 6.10 Å². The normalized spacial score (nSPS) is 20.0. The number of nitrogens with zero attached hydrogens (tertiary/aromatic N) is 2. The molecule has 1 N–H and O–H groups in total. The number of anilines is 1. The number of rotatable bonds is 5. The average molecular weight is 373 g/mol. The molecule has 2 aromatic carbocycles. The van der Waals surface area contributed by atoms with Gasteiger partial charge in [-0.25, -0.2) is 0 Å². The number of hydrogen-bond donors (Lipinski definition) is 1. The van der Waals surface area contributed by atoms with Crippen LogP contribution in [0, 0.1) is 6.92 Å². The van der Waals surface area contributed by atoms with Crippen molar-refractivity contribution in [3.8, 4) is 5.75 Å². The van der Waals surface area contributed by atoms with Gasteiger partial charge < -0.3 is 19.6 Å². The first-order valence-corrected chi connectivity index (χ1v) is 9.85. The Bertz CT molecular complexity index is 733. The Morgan fingerprint density at radius 3 is 2.58 bits per heavy atom. The van der Waals surface area contributed by atoms with Crippen molar-refractivity contribution in [3.05, 3.63) is 53.6 Å². The van der Waals surface area contributed by atoms with E-state index >= 15 is 0 Å². The highest BCUT2D eigenvalue weighted by atomic mass is 32.2. The smallest absolute Gasteiger partial charge is 0.118 e. The Kier molecular flexibility index (Phi) is 6.12. The lowest BCUT2D eigenvalue weighted by Crippen LogP contribution is -2.38. The summed E-state index contributed by atoms with van der Waals surface area (Å²) in [6.45, 7) is 4.65. The van der Waals surface area contributed by atoms with Crippen LogP contribution in [0.2, 0.25) is 0 Å². The third kappa shape index (κ3) is 4.17. The molecule has 1 aliphatic rings. The maximum atomic E-state index is 11.0. The first-order valence-electron chi connectivity index (χ1n) is 8.97. The van der Waals surface area contributed by atoms with Gasteiger partial charge in [-0.1, -0.05) is 24.3 Å². The second kappa shape index (κ2) is 8.33. The van der Waals surface area contributed by atoms with Crippen molar-refractivity contribution in [2.75, 3.05) is 45.7 Å². The van der Waals surface area contributed by atoms with Gasteiger partial charge in [0.05, 0.1) is 24.2 Å². The first-order chi connectivity index (χ1) is 12.5. The van der Waals surface area contributed by atoms with E-state index in [0.717, 1.165) is 24.4 Å². The fourth-order valence-electron chi connectivity index (χ4n) is 3.37. The summed E-state index contributed by atoms with van der Waals surface area (Å²) in [4.78, 5) is 5.76. The second-order valence-corrected chi connectivity index (χ2v) is 8.23. The highest BCUT2D eigenvalue weighted by molar-refractivity contribution is 7.99. The fourth-order valence-corrected chi connectivity index (χ4v) is 4.74. The van der Waals surface area contributed by atoms with Gasteiger partial charge in [0.15, 0.2) is 0 Å². The molecule has 0 fully saturated rings. The molecule has 0 saturated carbocycles. The molecular formula is C21H28N2O2S. The molecule has 4 nitrogen and oxygen atoms in total. The van der Waals surface area contributed by atoms with Gasteiger partial charge in [0, 0.05) is 24.5 Å². The molecule has 0 saturated heterocycles. The maximum absolute atomic E-state index is 11.0. The number of aryl methyl sites for hydroxylation is 1. The predicted octanol–water partition coefficient (Wildman–Crippen LogP) is 3.58. The zero-order valence-corrected chi connectivity index (χ0v) is 16.8. The summed E-state index contributed by atoms with van der Waals surface area (Å²) < 4.78 is 5.27. The molecule has 2 atom stereocenters. The molecule has 3 rings (SSSR count). The Balaban J connectivity index is 1.94. The van der Waals surface area contributed by atoms with Crippen LogP contribution >= 0.6 is 11.8 Å². The summed E-state index contributed by atoms with van der Waals surface area (Å²) in [7, 11) is 5.84. The van der Waals surface area contributed by atoms with Gasteiger partial charge in [-0.05, 0) is 50.3 Å². The van der Waals surface area contributed by atoms with Crippen LogP contribution in [-0.2, 0) is 0 Å². The standard InChI is InChI=1S/C21H28N2O2S/c1-15-6-5-7-19-20(15)23(13-12-22(2)3)14-18(24)21(26-19)16-8-10-17(25-4)11-9-16/h5-11,18,21,24H,12-14H2,1-4H3. The lowest BCUT2D eigenvalue weighted by atomic mass is 10.1. The molecule has 1 aliphatic heterocycles. The van der Waals surface area contributed by atoms with Crippen molar-refractivity contribution in [1.29, 1.82) is 0 Å². The number of hydrogen-bond acceptors (Lipinski definition) is 5. The van der Waals surface area contributed by atoms with Crippen LogP contribution < -0.4 is 9.64 Å². The van der Waals surface area contributed by atoms with Crippen LogP contribution in [0.5, 0.6) is 5.75 Å². The van der Waals surface area contributed by atoms with Crippen LogP contribution in [0.15, 0.2) is 47.4 Å². The van der Waals surface area contributed by atoms with E-state index in [1.807, 2.05) is 12.1 Å². The van der Waals surface area contributed by atoms with Crippen LogP contribution in [0.1, 0.15) is 16.4 Å². The highest BCUT2D eigenvalue weighted by Crippen LogP contribution is 2.46.